The van der Waals surface area contributed by atoms with Gasteiger partial charge in [0.05, 0.1) is 17.6 Å². The largest absolute Gasteiger partial charge is 0.342 e. The summed E-state index contributed by atoms with van der Waals surface area (Å²) in [5.74, 6) is 0.810. The summed E-state index contributed by atoms with van der Waals surface area (Å²) in [6.07, 6.45) is 3.82. The molecule has 3 nitrogen and oxygen atoms in total. The van der Waals surface area contributed by atoms with E-state index in [2.05, 4.69) is 10.4 Å². The van der Waals surface area contributed by atoms with Gasteiger partial charge < -0.3 is 4.90 Å². The molecule has 0 saturated carbocycles. The third-order valence-electron chi connectivity index (χ3n) is 4.05. The molecular formula is C17H20N2OS. The number of aromatic nitrogens is 1. The fourth-order valence-corrected chi connectivity index (χ4v) is 3.55. The van der Waals surface area contributed by atoms with Gasteiger partial charge in [-0.1, -0.05) is 30.3 Å². The number of rotatable bonds is 4. The number of hydrogen-bond acceptors (Lipinski definition) is 3. The first-order valence-corrected chi connectivity index (χ1v) is 8.44. The molecule has 1 aromatic carbocycles. The molecular weight excluding hydrogens is 280 g/mol. The lowest BCUT2D eigenvalue weighted by Crippen LogP contribution is -2.41. The van der Waals surface area contributed by atoms with E-state index in [-0.39, 0.29) is 5.91 Å². The maximum Gasteiger partial charge on any atom is 0.226 e. The van der Waals surface area contributed by atoms with Crippen molar-refractivity contribution >= 4 is 17.2 Å². The Kier molecular flexibility index (Phi) is 4.65. The standard InChI is InChI=1S/C17H20N2OS/c20-17(10-14-5-2-1-3-6-14)19-8-4-7-15(11-19)9-16-12-21-13-18-16/h1-3,5-6,12-13,15H,4,7-11H2/t15-/m1/s1. The Morgan fingerprint density at radius 1 is 1.33 bits per heavy atom. The fraction of sp³-hybridized carbons (Fsp3) is 0.412. The number of piperidine rings is 1. The monoisotopic (exact) mass is 300 g/mol. The lowest BCUT2D eigenvalue weighted by molar-refractivity contribution is -0.132. The van der Waals surface area contributed by atoms with Gasteiger partial charge in [0.15, 0.2) is 0 Å². The van der Waals surface area contributed by atoms with Crippen LogP contribution in [0, 0.1) is 5.92 Å². The minimum absolute atomic E-state index is 0.254. The second kappa shape index (κ2) is 6.85. The predicted octanol–water partition coefficient (Wildman–Crippen LogP) is 3.17. The molecule has 1 amide bonds. The van der Waals surface area contributed by atoms with E-state index in [1.165, 1.54) is 12.1 Å². The molecule has 0 unspecified atom stereocenters. The van der Waals surface area contributed by atoms with Crippen molar-refractivity contribution in [3.8, 4) is 0 Å². The topological polar surface area (TPSA) is 33.2 Å². The van der Waals surface area contributed by atoms with Crippen molar-refractivity contribution in [2.45, 2.75) is 25.7 Å². The van der Waals surface area contributed by atoms with Crippen molar-refractivity contribution < 1.29 is 4.79 Å². The Labute approximate surface area is 129 Å². The van der Waals surface area contributed by atoms with Crippen LogP contribution in [0.4, 0.5) is 0 Å². The summed E-state index contributed by atoms with van der Waals surface area (Å²) >= 11 is 1.65. The number of carbonyl (C=O) groups is 1. The zero-order valence-corrected chi connectivity index (χ0v) is 12.9. The molecule has 2 aromatic rings. The highest BCUT2D eigenvalue weighted by Crippen LogP contribution is 2.21. The highest BCUT2D eigenvalue weighted by atomic mass is 32.1. The van der Waals surface area contributed by atoms with Gasteiger partial charge in [-0.25, -0.2) is 4.98 Å². The Morgan fingerprint density at radius 2 is 2.19 bits per heavy atom. The highest BCUT2D eigenvalue weighted by Gasteiger charge is 2.24. The molecule has 1 aliphatic heterocycles. The number of thiazole rings is 1. The van der Waals surface area contributed by atoms with Gasteiger partial charge in [0, 0.05) is 18.5 Å². The van der Waals surface area contributed by atoms with Gasteiger partial charge in [-0.2, -0.15) is 0 Å². The molecule has 1 saturated heterocycles. The quantitative estimate of drug-likeness (QED) is 0.869. The van der Waals surface area contributed by atoms with Gasteiger partial charge >= 0.3 is 0 Å². The van der Waals surface area contributed by atoms with E-state index in [0.29, 0.717) is 12.3 Å². The average Bonchev–Trinajstić information content (AvgIpc) is 3.01. The summed E-state index contributed by atoms with van der Waals surface area (Å²) in [7, 11) is 0. The van der Waals surface area contributed by atoms with Crippen LogP contribution in [0.15, 0.2) is 41.2 Å². The van der Waals surface area contributed by atoms with Crippen LogP contribution in [-0.2, 0) is 17.6 Å². The highest BCUT2D eigenvalue weighted by molar-refractivity contribution is 7.07. The number of amides is 1. The number of nitrogens with zero attached hydrogens (tertiary/aromatic N) is 2. The normalized spacial score (nSPS) is 18.7. The van der Waals surface area contributed by atoms with E-state index < -0.39 is 0 Å². The summed E-state index contributed by atoms with van der Waals surface area (Å²) in [4.78, 5) is 18.8. The second-order valence-electron chi connectivity index (χ2n) is 5.69. The first-order chi connectivity index (χ1) is 10.3. The van der Waals surface area contributed by atoms with Gasteiger partial charge in [-0.3, -0.25) is 4.79 Å². The van der Waals surface area contributed by atoms with Crippen LogP contribution in [0.3, 0.4) is 0 Å². The summed E-state index contributed by atoms with van der Waals surface area (Å²) < 4.78 is 0. The Balaban J connectivity index is 1.56. The van der Waals surface area contributed by atoms with Crippen LogP contribution in [-0.4, -0.2) is 28.9 Å². The lowest BCUT2D eigenvalue weighted by Gasteiger charge is -2.32. The van der Waals surface area contributed by atoms with Crippen molar-refractivity contribution in [2.75, 3.05) is 13.1 Å². The van der Waals surface area contributed by atoms with Gasteiger partial charge in [-0.05, 0) is 30.7 Å². The molecule has 0 radical (unpaired) electrons. The lowest BCUT2D eigenvalue weighted by atomic mass is 9.93. The van der Waals surface area contributed by atoms with Gasteiger partial charge in [-0.15, -0.1) is 11.3 Å². The zero-order valence-electron chi connectivity index (χ0n) is 12.1. The molecule has 0 spiro atoms. The molecule has 1 atom stereocenters. The first kappa shape index (κ1) is 14.3. The fourth-order valence-electron chi connectivity index (χ4n) is 2.97. The summed E-state index contributed by atoms with van der Waals surface area (Å²) in [6, 6.07) is 10.0. The maximum absolute atomic E-state index is 12.4. The van der Waals surface area contributed by atoms with Crippen LogP contribution < -0.4 is 0 Å². The van der Waals surface area contributed by atoms with Crippen LogP contribution in [0.5, 0.6) is 0 Å². The maximum atomic E-state index is 12.4. The Hall–Kier alpha value is -1.68. The Bertz CT molecular complexity index is 568. The minimum Gasteiger partial charge on any atom is -0.342 e. The zero-order chi connectivity index (χ0) is 14.5. The van der Waals surface area contributed by atoms with Crippen LogP contribution in [0.2, 0.25) is 0 Å². The van der Waals surface area contributed by atoms with Crippen LogP contribution in [0.1, 0.15) is 24.1 Å². The molecule has 0 bridgehead atoms. The number of likely N-dealkylation sites (tertiary alicyclic amines) is 1. The number of carbonyl (C=O) groups excluding carboxylic acids is 1. The van der Waals surface area contributed by atoms with Crippen molar-refractivity contribution in [2.24, 2.45) is 5.92 Å². The van der Waals surface area contributed by atoms with E-state index in [1.807, 2.05) is 40.7 Å². The van der Waals surface area contributed by atoms with Gasteiger partial charge in [0.25, 0.3) is 0 Å². The van der Waals surface area contributed by atoms with E-state index in [9.17, 15) is 4.79 Å². The molecule has 1 aromatic heterocycles. The molecule has 4 heteroatoms. The summed E-state index contributed by atoms with van der Waals surface area (Å²) in [5.41, 5.74) is 4.16. The average molecular weight is 300 g/mol. The van der Waals surface area contributed by atoms with Gasteiger partial charge in [0.1, 0.15) is 0 Å². The summed E-state index contributed by atoms with van der Waals surface area (Å²) in [5, 5.41) is 2.12. The van der Waals surface area contributed by atoms with E-state index in [1.54, 1.807) is 11.3 Å². The second-order valence-corrected chi connectivity index (χ2v) is 6.41. The molecule has 2 heterocycles. The van der Waals surface area contributed by atoms with E-state index in [0.717, 1.165) is 31.5 Å². The van der Waals surface area contributed by atoms with Crippen molar-refractivity contribution in [3.05, 3.63) is 52.5 Å². The van der Waals surface area contributed by atoms with E-state index >= 15 is 0 Å². The van der Waals surface area contributed by atoms with Gasteiger partial charge in [0.2, 0.25) is 5.91 Å². The third kappa shape index (κ3) is 3.91. The molecule has 21 heavy (non-hydrogen) atoms. The summed E-state index contributed by atoms with van der Waals surface area (Å²) in [6.45, 7) is 1.78. The number of benzene rings is 1. The molecule has 1 fully saturated rings. The Morgan fingerprint density at radius 3 is 2.95 bits per heavy atom. The van der Waals surface area contributed by atoms with E-state index in [4.69, 9.17) is 0 Å². The molecule has 3 rings (SSSR count). The van der Waals surface area contributed by atoms with Crippen LogP contribution in [0.25, 0.3) is 0 Å². The SMILES string of the molecule is O=C(Cc1ccccc1)N1CCC[C@H](Cc2cscn2)C1. The third-order valence-corrected chi connectivity index (χ3v) is 4.69. The predicted molar refractivity (Wildman–Crippen MR) is 85.3 cm³/mol. The molecule has 1 aliphatic rings. The number of hydrogen-bond donors (Lipinski definition) is 0. The smallest absolute Gasteiger partial charge is 0.226 e. The minimum atomic E-state index is 0.254. The molecule has 0 aliphatic carbocycles. The van der Waals surface area contributed by atoms with Crippen molar-refractivity contribution in [3.63, 3.8) is 0 Å². The first-order valence-electron chi connectivity index (χ1n) is 7.50. The molecule has 110 valence electrons. The van der Waals surface area contributed by atoms with Crippen LogP contribution >= 0.6 is 11.3 Å². The molecule has 0 N–H and O–H groups in total. The van der Waals surface area contributed by atoms with Crippen molar-refractivity contribution in [1.29, 1.82) is 0 Å². The van der Waals surface area contributed by atoms with Crippen molar-refractivity contribution in [1.82, 2.24) is 9.88 Å².